The summed E-state index contributed by atoms with van der Waals surface area (Å²) < 4.78 is 0. The molecule has 1 aromatic carbocycles. The molecule has 1 N–H and O–H groups in total. The smallest absolute Gasteiger partial charge is 0.303 e. The largest absolute Gasteiger partial charge is 0.481 e. The zero-order chi connectivity index (χ0) is 12.1. The van der Waals surface area contributed by atoms with E-state index < -0.39 is 5.97 Å². The minimum atomic E-state index is -0.686. The average Bonchev–Trinajstić information content (AvgIpc) is 2.26. The van der Waals surface area contributed by atoms with Gasteiger partial charge in [0.2, 0.25) is 0 Å². The van der Waals surface area contributed by atoms with Gasteiger partial charge in [-0.3, -0.25) is 9.69 Å². The number of hydrogen-bond donors (Lipinski definition) is 1. The highest BCUT2D eigenvalue weighted by atomic mass is 16.4. The van der Waals surface area contributed by atoms with Crippen LogP contribution in [0.4, 0.5) is 0 Å². The van der Waals surface area contributed by atoms with E-state index in [2.05, 4.69) is 29.2 Å². The lowest BCUT2D eigenvalue weighted by atomic mass is 9.96. The molecule has 3 nitrogen and oxygen atoms in total. The monoisotopic (exact) mass is 231 g/mol. The van der Waals surface area contributed by atoms with Crippen molar-refractivity contribution in [2.45, 2.75) is 6.42 Å². The molecule has 0 radical (unpaired) electrons. The van der Waals surface area contributed by atoms with Crippen LogP contribution >= 0.6 is 0 Å². The molecular formula is C14H17NO2. The van der Waals surface area contributed by atoms with Crippen LogP contribution in [-0.2, 0) is 4.79 Å². The third-order valence-corrected chi connectivity index (χ3v) is 2.97. The Morgan fingerprint density at radius 2 is 2.06 bits per heavy atom. The molecule has 0 amide bonds. The molecule has 0 aliphatic carbocycles. The Balaban J connectivity index is 1.68. The highest BCUT2D eigenvalue weighted by Gasteiger charge is 2.27. The normalized spacial score (nSPS) is 17.2. The molecule has 1 heterocycles. The van der Waals surface area contributed by atoms with Crippen LogP contribution in [0.15, 0.2) is 36.4 Å². The van der Waals surface area contributed by atoms with Gasteiger partial charge < -0.3 is 5.11 Å². The van der Waals surface area contributed by atoms with Gasteiger partial charge in [-0.15, -0.1) is 0 Å². The van der Waals surface area contributed by atoms with Crippen molar-refractivity contribution in [2.75, 3.05) is 19.6 Å². The van der Waals surface area contributed by atoms with E-state index in [0.717, 1.165) is 19.6 Å². The Hall–Kier alpha value is -1.61. The quantitative estimate of drug-likeness (QED) is 0.843. The Morgan fingerprint density at radius 1 is 1.35 bits per heavy atom. The summed E-state index contributed by atoms with van der Waals surface area (Å²) in [6.45, 7) is 2.72. The second-order valence-electron chi connectivity index (χ2n) is 4.50. The minimum absolute atomic E-state index is 0.304. The zero-order valence-corrected chi connectivity index (χ0v) is 9.75. The molecule has 1 fully saturated rings. The SMILES string of the molecule is O=C(O)CC1CN(CC=Cc2ccccc2)C1. The van der Waals surface area contributed by atoms with Crippen LogP contribution < -0.4 is 0 Å². The lowest BCUT2D eigenvalue weighted by Gasteiger charge is -2.37. The first-order valence-corrected chi connectivity index (χ1v) is 5.90. The number of nitrogens with zero attached hydrogens (tertiary/aromatic N) is 1. The number of hydrogen-bond acceptors (Lipinski definition) is 2. The van der Waals surface area contributed by atoms with Crippen LogP contribution in [0.1, 0.15) is 12.0 Å². The zero-order valence-electron chi connectivity index (χ0n) is 9.75. The first-order chi connectivity index (χ1) is 8.24. The predicted molar refractivity (Wildman–Crippen MR) is 67.7 cm³/mol. The van der Waals surface area contributed by atoms with E-state index in [1.165, 1.54) is 5.56 Å². The maximum Gasteiger partial charge on any atom is 0.303 e. The number of rotatable bonds is 5. The van der Waals surface area contributed by atoms with Crippen molar-refractivity contribution < 1.29 is 9.90 Å². The molecule has 1 aromatic rings. The Bertz CT molecular complexity index is 394. The molecule has 0 unspecified atom stereocenters. The number of benzene rings is 1. The fourth-order valence-corrected chi connectivity index (χ4v) is 2.10. The summed E-state index contributed by atoms with van der Waals surface area (Å²) in [6.07, 6.45) is 4.54. The van der Waals surface area contributed by atoms with Crippen LogP contribution in [0.25, 0.3) is 6.08 Å². The average molecular weight is 231 g/mol. The molecule has 0 spiro atoms. The molecule has 0 atom stereocenters. The summed E-state index contributed by atoms with van der Waals surface area (Å²) in [4.78, 5) is 12.7. The van der Waals surface area contributed by atoms with Gasteiger partial charge in [-0.25, -0.2) is 0 Å². The van der Waals surface area contributed by atoms with Gasteiger partial charge in [0, 0.05) is 19.6 Å². The summed E-state index contributed by atoms with van der Waals surface area (Å²) in [6, 6.07) is 10.2. The molecule has 90 valence electrons. The third-order valence-electron chi connectivity index (χ3n) is 2.97. The molecule has 17 heavy (non-hydrogen) atoms. The topological polar surface area (TPSA) is 40.5 Å². The van der Waals surface area contributed by atoms with Crippen molar-refractivity contribution in [1.29, 1.82) is 0 Å². The maximum atomic E-state index is 10.5. The van der Waals surface area contributed by atoms with Crippen molar-refractivity contribution in [3.63, 3.8) is 0 Å². The van der Waals surface area contributed by atoms with E-state index in [9.17, 15) is 4.79 Å². The van der Waals surface area contributed by atoms with E-state index in [1.807, 2.05) is 18.2 Å². The van der Waals surface area contributed by atoms with Gasteiger partial charge >= 0.3 is 5.97 Å². The second kappa shape index (κ2) is 5.64. The van der Waals surface area contributed by atoms with Crippen molar-refractivity contribution in [2.24, 2.45) is 5.92 Å². The van der Waals surface area contributed by atoms with Gasteiger partial charge in [0.05, 0.1) is 6.42 Å². The molecule has 2 rings (SSSR count). The summed E-state index contributed by atoms with van der Waals surface area (Å²) in [5.74, 6) is -0.341. The van der Waals surface area contributed by atoms with E-state index in [4.69, 9.17) is 5.11 Å². The number of carboxylic acid groups (broad SMARTS) is 1. The Labute approximate surface area is 101 Å². The van der Waals surface area contributed by atoms with Crippen molar-refractivity contribution in [3.8, 4) is 0 Å². The fourth-order valence-electron chi connectivity index (χ4n) is 2.10. The van der Waals surface area contributed by atoms with Gasteiger partial charge in [0.25, 0.3) is 0 Å². The molecule has 3 heteroatoms. The third kappa shape index (κ3) is 3.71. The maximum absolute atomic E-state index is 10.5. The Kier molecular flexibility index (Phi) is 3.94. The lowest BCUT2D eigenvalue weighted by Crippen LogP contribution is -2.47. The molecule has 0 saturated carbocycles. The molecule has 1 aliphatic rings. The number of carbonyl (C=O) groups is 1. The summed E-state index contributed by atoms with van der Waals surface area (Å²) in [7, 11) is 0. The number of aliphatic carboxylic acids is 1. The van der Waals surface area contributed by atoms with E-state index in [0.29, 0.717) is 12.3 Å². The molecular weight excluding hydrogens is 214 g/mol. The summed E-state index contributed by atoms with van der Waals surface area (Å²) in [5.41, 5.74) is 1.20. The van der Waals surface area contributed by atoms with E-state index in [-0.39, 0.29) is 0 Å². The molecule has 0 bridgehead atoms. The van der Waals surface area contributed by atoms with Crippen LogP contribution in [0, 0.1) is 5.92 Å². The minimum Gasteiger partial charge on any atom is -0.481 e. The standard InChI is InChI=1S/C14H17NO2/c16-14(17)9-13-10-15(11-13)8-4-7-12-5-2-1-3-6-12/h1-7,13H,8-11H2,(H,16,17). The first-order valence-electron chi connectivity index (χ1n) is 5.90. The fraction of sp³-hybridized carbons (Fsp3) is 0.357. The van der Waals surface area contributed by atoms with E-state index in [1.54, 1.807) is 0 Å². The molecule has 1 aliphatic heterocycles. The van der Waals surface area contributed by atoms with Gasteiger partial charge in [0.15, 0.2) is 0 Å². The van der Waals surface area contributed by atoms with Gasteiger partial charge in [-0.05, 0) is 11.5 Å². The van der Waals surface area contributed by atoms with Crippen molar-refractivity contribution in [1.82, 2.24) is 4.90 Å². The van der Waals surface area contributed by atoms with Crippen LogP contribution in [0.5, 0.6) is 0 Å². The predicted octanol–water partition coefficient (Wildman–Crippen LogP) is 2.11. The Morgan fingerprint density at radius 3 is 2.71 bits per heavy atom. The van der Waals surface area contributed by atoms with Gasteiger partial charge in [0.1, 0.15) is 0 Å². The van der Waals surface area contributed by atoms with E-state index >= 15 is 0 Å². The number of likely N-dealkylation sites (tertiary alicyclic amines) is 1. The van der Waals surface area contributed by atoms with Crippen LogP contribution in [0.3, 0.4) is 0 Å². The van der Waals surface area contributed by atoms with Crippen molar-refractivity contribution >= 4 is 12.0 Å². The highest BCUT2D eigenvalue weighted by Crippen LogP contribution is 2.18. The number of carboxylic acids is 1. The van der Waals surface area contributed by atoms with Crippen LogP contribution in [0.2, 0.25) is 0 Å². The summed E-state index contributed by atoms with van der Waals surface area (Å²) in [5, 5.41) is 8.63. The lowest BCUT2D eigenvalue weighted by molar-refractivity contribution is -0.139. The first kappa shape index (κ1) is 11.9. The molecule has 1 saturated heterocycles. The highest BCUT2D eigenvalue weighted by molar-refractivity contribution is 5.67. The van der Waals surface area contributed by atoms with Gasteiger partial charge in [-0.1, -0.05) is 42.5 Å². The van der Waals surface area contributed by atoms with Gasteiger partial charge in [-0.2, -0.15) is 0 Å². The van der Waals surface area contributed by atoms with Crippen molar-refractivity contribution in [3.05, 3.63) is 42.0 Å². The second-order valence-corrected chi connectivity index (χ2v) is 4.50. The van der Waals surface area contributed by atoms with Crippen LogP contribution in [-0.4, -0.2) is 35.6 Å². The summed E-state index contributed by atoms with van der Waals surface area (Å²) >= 11 is 0. The molecule has 0 aromatic heterocycles.